The molecule has 1 saturated carbocycles. The van der Waals surface area contributed by atoms with Crippen LogP contribution in [-0.4, -0.2) is 68.6 Å². The molecule has 0 bridgehead atoms. The summed E-state index contributed by atoms with van der Waals surface area (Å²) in [4.78, 5) is 67.8. The summed E-state index contributed by atoms with van der Waals surface area (Å²) in [5.41, 5.74) is -2.27. The fraction of sp³-hybridized carbons (Fsp3) is 0.656. The fourth-order valence-electron chi connectivity index (χ4n) is 6.50. The third-order valence-corrected chi connectivity index (χ3v) is 9.58. The molecular formula is C32H45ClN4O6. The zero-order valence-corrected chi connectivity index (χ0v) is 27.2. The lowest BCUT2D eigenvalue weighted by Crippen LogP contribution is -2.85. The van der Waals surface area contributed by atoms with Gasteiger partial charge in [0, 0.05) is 11.5 Å². The van der Waals surface area contributed by atoms with E-state index in [2.05, 4.69) is 22.9 Å². The Morgan fingerprint density at radius 2 is 1.84 bits per heavy atom. The number of ether oxygens (including phenoxy) is 1. The highest BCUT2D eigenvalue weighted by Crippen LogP contribution is 2.50. The minimum absolute atomic E-state index is 0.207. The second kappa shape index (κ2) is 11.4. The number of nitrogens with one attached hydrogen (secondary N) is 3. The van der Waals surface area contributed by atoms with Crippen molar-refractivity contribution in [1.82, 2.24) is 20.9 Å². The highest BCUT2D eigenvalue weighted by molar-refractivity contribution is 6.22. The number of aryl methyl sites for hydroxylation is 2. The van der Waals surface area contributed by atoms with E-state index in [9.17, 15) is 24.0 Å². The van der Waals surface area contributed by atoms with Gasteiger partial charge in [0.05, 0.1) is 10.9 Å². The molecule has 1 aromatic carbocycles. The predicted molar refractivity (Wildman–Crippen MR) is 163 cm³/mol. The smallest absolute Gasteiger partial charge is 0.326 e. The lowest BCUT2D eigenvalue weighted by atomic mass is 9.60. The Bertz CT molecular complexity index is 1340. The SMILES string of the molecule is CCCCC1(Oc2ccc(C)cc2C)C(=O)NC12CCC(Cl)C(NC(=O)C(C(=O)C(C)(C)C)N1C(=O)NC(C)(C)C1=O)C2. The van der Waals surface area contributed by atoms with Crippen molar-refractivity contribution in [3.63, 3.8) is 0 Å². The first-order valence-corrected chi connectivity index (χ1v) is 15.6. The number of rotatable bonds is 9. The molecule has 2 aliphatic heterocycles. The van der Waals surface area contributed by atoms with E-state index in [4.69, 9.17) is 16.3 Å². The summed E-state index contributed by atoms with van der Waals surface area (Å²) in [7, 11) is 0. The molecule has 236 valence electrons. The number of alkyl halides is 1. The molecule has 1 spiro atoms. The Kier molecular flexibility index (Phi) is 8.70. The highest BCUT2D eigenvalue weighted by atomic mass is 35.5. The van der Waals surface area contributed by atoms with Crippen molar-refractivity contribution >= 4 is 41.1 Å². The first kappa shape index (κ1) is 32.8. The molecular weight excluding hydrogens is 572 g/mol. The number of imide groups is 1. The molecule has 4 rings (SSSR count). The van der Waals surface area contributed by atoms with Gasteiger partial charge < -0.3 is 20.7 Å². The van der Waals surface area contributed by atoms with E-state index in [-0.39, 0.29) is 12.3 Å². The molecule has 10 nitrogen and oxygen atoms in total. The summed E-state index contributed by atoms with van der Waals surface area (Å²) >= 11 is 6.80. The molecule has 3 aliphatic rings. The van der Waals surface area contributed by atoms with Crippen LogP contribution in [-0.2, 0) is 19.2 Å². The van der Waals surface area contributed by atoms with Crippen LogP contribution in [0.15, 0.2) is 18.2 Å². The van der Waals surface area contributed by atoms with Crippen molar-refractivity contribution in [2.45, 2.75) is 128 Å². The molecule has 5 unspecified atom stereocenters. The van der Waals surface area contributed by atoms with E-state index in [0.717, 1.165) is 28.9 Å². The van der Waals surface area contributed by atoms with Crippen molar-refractivity contribution in [2.24, 2.45) is 5.41 Å². The number of unbranched alkanes of at least 4 members (excludes halogenated alkanes) is 1. The number of nitrogens with zero attached hydrogens (tertiary/aromatic N) is 1. The van der Waals surface area contributed by atoms with Gasteiger partial charge in [-0.2, -0.15) is 0 Å². The van der Waals surface area contributed by atoms with Gasteiger partial charge in [-0.05, 0) is 71.4 Å². The molecule has 43 heavy (non-hydrogen) atoms. The van der Waals surface area contributed by atoms with Gasteiger partial charge in [0.25, 0.3) is 17.7 Å². The highest BCUT2D eigenvalue weighted by Gasteiger charge is 2.69. The first-order valence-electron chi connectivity index (χ1n) is 15.1. The molecule has 2 saturated heterocycles. The summed E-state index contributed by atoms with van der Waals surface area (Å²) in [6.07, 6.45) is 3.36. The molecule has 0 aromatic heterocycles. The number of benzene rings is 1. The number of urea groups is 1. The van der Waals surface area contributed by atoms with E-state index >= 15 is 0 Å². The van der Waals surface area contributed by atoms with Gasteiger partial charge in [-0.3, -0.25) is 19.2 Å². The Morgan fingerprint density at radius 3 is 2.37 bits per heavy atom. The van der Waals surface area contributed by atoms with Crippen molar-refractivity contribution < 1.29 is 28.7 Å². The normalized spacial score (nSPS) is 29.0. The van der Waals surface area contributed by atoms with E-state index in [0.29, 0.717) is 25.0 Å². The predicted octanol–water partition coefficient (Wildman–Crippen LogP) is 4.07. The summed E-state index contributed by atoms with van der Waals surface area (Å²) < 4.78 is 6.65. The van der Waals surface area contributed by atoms with E-state index < -0.39 is 63.2 Å². The number of hydrogen-bond acceptors (Lipinski definition) is 6. The Morgan fingerprint density at radius 1 is 1.16 bits per heavy atom. The standard InChI is InChI=1S/C32H45ClN4O6/c1-9-10-14-32(43-22-12-11-18(2)16-19(22)3)26(40)35-31(32)15-13-20(33)21(17-31)34-25(39)23(24(38)29(4,5)6)37-27(41)30(7,8)36-28(37)42/h11-12,16,20-21,23H,9-10,13-15,17H2,1-8H3,(H,34,39)(H,35,40)(H,36,42). The minimum atomic E-state index is -1.68. The summed E-state index contributed by atoms with van der Waals surface area (Å²) in [6, 6.07) is 2.68. The Labute approximate surface area is 259 Å². The molecule has 2 heterocycles. The van der Waals surface area contributed by atoms with Gasteiger partial charge in [0.2, 0.25) is 5.60 Å². The molecule has 1 aliphatic carbocycles. The molecule has 5 atom stereocenters. The summed E-state index contributed by atoms with van der Waals surface area (Å²) in [6.45, 7) is 13.9. The van der Waals surface area contributed by atoms with E-state index in [1.165, 1.54) is 13.8 Å². The maximum atomic E-state index is 13.9. The molecule has 3 fully saturated rings. The quantitative estimate of drug-likeness (QED) is 0.166. The largest absolute Gasteiger partial charge is 0.475 e. The van der Waals surface area contributed by atoms with Gasteiger partial charge in [0.1, 0.15) is 11.3 Å². The van der Waals surface area contributed by atoms with Gasteiger partial charge in [0.15, 0.2) is 11.8 Å². The van der Waals surface area contributed by atoms with Crippen LogP contribution in [0.2, 0.25) is 0 Å². The maximum absolute atomic E-state index is 13.9. The van der Waals surface area contributed by atoms with E-state index in [1.54, 1.807) is 20.8 Å². The maximum Gasteiger partial charge on any atom is 0.326 e. The lowest BCUT2D eigenvalue weighted by Gasteiger charge is -2.61. The fourth-order valence-corrected chi connectivity index (χ4v) is 6.76. The number of carbonyl (C=O) groups excluding carboxylic acids is 5. The van der Waals surface area contributed by atoms with Gasteiger partial charge in [-0.25, -0.2) is 9.69 Å². The minimum Gasteiger partial charge on any atom is -0.475 e. The first-order chi connectivity index (χ1) is 19.9. The molecule has 11 heteroatoms. The van der Waals surface area contributed by atoms with Crippen molar-refractivity contribution in [2.75, 3.05) is 0 Å². The third kappa shape index (κ3) is 5.75. The third-order valence-electron chi connectivity index (χ3n) is 9.05. The Hall–Kier alpha value is -3.14. The molecule has 5 amide bonds. The van der Waals surface area contributed by atoms with Crippen molar-refractivity contribution in [3.05, 3.63) is 29.3 Å². The average Bonchev–Trinajstić information content (AvgIpc) is 3.10. The van der Waals surface area contributed by atoms with Crippen LogP contribution in [0.5, 0.6) is 5.75 Å². The van der Waals surface area contributed by atoms with Crippen LogP contribution < -0.4 is 20.7 Å². The number of amides is 5. The van der Waals surface area contributed by atoms with Crippen LogP contribution in [0.1, 0.15) is 91.2 Å². The number of halogens is 1. The summed E-state index contributed by atoms with van der Waals surface area (Å²) in [5, 5.41) is 8.08. The van der Waals surface area contributed by atoms with Crippen LogP contribution in [0.4, 0.5) is 4.79 Å². The second-order valence-corrected chi connectivity index (χ2v) is 14.5. The van der Waals surface area contributed by atoms with Gasteiger partial charge in [-0.15, -0.1) is 11.6 Å². The zero-order valence-electron chi connectivity index (χ0n) is 26.5. The molecule has 0 radical (unpaired) electrons. The number of ketones is 1. The van der Waals surface area contributed by atoms with Gasteiger partial charge >= 0.3 is 6.03 Å². The number of β-lactam (4-membered cyclic amide) rings is 1. The second-order valence-electron chi connectivity index (χ2n) is 14.0. The topological polar surface area (TPSA) is 134 Å². The lowest BCUT2D eigenvalue weighted by molar-refractivity contribution is -0.177. The van der Waals surface area contributed by atoms with Gasteiger partial charge in [-0.1, -0.05) is 51.8 Å². The number of hydrogen-bond donors (Lipinski definition) is 3. The van der Waals surface area contributed by atoms with Crippen molar-refractivity contribution in [1.29, 1.82) is 0 Å². The van der Waals surface area contributed by atoms with Crippen LogP contribution in [0.3, 0.4) is 0 Å². The monoisotopic (exact) mass is 616 g/mol. The van der Waals surface area contributed by atoms with Crippen molar-refractivity contribution in [3.8, 4) is 5.75 Å². The van der Waals surface area contributed by atoms with Crippen LogP contribution in [0, 0.1) is 19.3 Å². The average molecular weight is 617 g/mol. The Balaban J connectivity index is 1.66. The summed E-state index contributed by atoms with van der Waals surface area (Å²) in [5.74, 6) is -1.60. The van der Waals surface area contributed by atoms with E-state index in [1.807, 2.05) is 32.0 Å². The molecule has 1 aromatic rings. The van der Waals surface area contributed by atoms with Crippen LogP contribution >= 0.6 is 11.6 Å². The number of Topliss-reactive ketones (excluding diaryl/α,β-unsaturated/α-hetero) is 1. The zero-order chi connectivity index (χ0) is 32.1. The van der Waals surface area contributed by atoms with Crippen LogP contribution in [0.25, 0.3) is 0 Å². The number of carbonyl (C=O) groups is 5. The molecule has 3 N–H and O–H groups in total.